The van der Waals surface area contributed by atoms with Crippen molar-refractivity contribution >= 4 is 25.4 Å². The van der Waals surface area contributed by atoms with Crippen LogP contribution < -0.4 is 0 Å². The van der Waals surface area contributed by atoms with Crippen LogP contribution in [0.2, 0.25) is 24.2 Å². The van der Waals surface area contributed by atoms with Crippen molar-refractivity contribution < 1.29 is 0 Å². The topological polar surface area (TPSA) is 0 Å². The van der Waals surface area contributed by atoms with Crippen LogP contribution in [0.5, 0.6) is 0 Å². The molecule has 0 radical (unpaired) electrons. The fourth-order valence-electron chi connectivity index (χ4n) is 10.3. The molecule has 0 N–H and O–H groups in total. The standard InChI is InChI=1S/C40H54SSi/c1-25(2)33-24-35-36(29-19-21-30(22-20-29)40(5,6)7)27(4)41-37(35)39(33)42(8,9)38-26(3)23-34-31(17-13-14-18-32(34)38)28-15-11-10-12-16-28/h10-22,25-26,31-35,37-39H,23-24H2,1-9H3. The van der Waals surface area contributed by atoms with E-state index in [1.54, 1.807) is 10.5 Å². The Morgan fingerprint density at radius 3 is 2.17 bits per heavy atom. The van der Waals surface area contributed by atoms with E-state index in [0.29, 0.717) is 17.8 Å². The molecule has 9 atom stereocenters. The van der Waals surface area contributed by atoms with Gasteiger partial charge < -0.3 is 0 Å². The maximum absolute atomic E-state index is 2.83. The van der Waals surface area contributed by atoms with Crippen molar-refractivity contribution in [2.45, 2.75) is 102 Å². The van der Waals surface area contributed by atoms with Crippen molar-refractivity contribution in [3.05, 3.63) is 100 Å². The number of rotatable bonds is 5. The highest BCUT2D eigenvalue weighted by atomic mass is 32.2. The molecule has 0 bridgehead atoms. The summed E-state index contributed by atoms with van der Waals surface area (Å²) in [5, 5.41) is 0.750. The number of fused-ring (bicyclic) bond motifs is 2. The van der Waals surface area contributed by atoms with Gasteiger partial charge in [0.15, 0.2) is 0 Å². The van der Waals surface area contributed by atoms with Gasteiger partial charge in [0, 0.05) is 11.2 Å². The van der Waals surface area contributed by atoms with Gasteiger partial charge in [0.2, 0.25) is 0 Å². The summed E-state index contributed by atoms with van der Waals surface area (Å²) in [5.74, 6) is 5.02. The maximum atomic E-state index is 2.83. The molecule has 0 spiro atoms. The molecule has 2 heteroatoms. The largest absolute Gasteiger partial charge is 0.127 e. The monoisotopic (exact) mass is 594 g/mol. The van der Waals surface area contributed by atoms with Crippen LogP contribution in [-0.2, 0) is 5.41 Å². The Morgan fingerprint density at radius 1 is 0.857 bits per heavy atom. The molecule has 2 aromatic rings. The number of benzene rings is 2. The number of thioether (sulfide) groups is 1. The molecular formula is C40H54SSi. The fourth-order valence-corrected chi connectivity index (χ4v) is 19.2. The lowest BCUT2D eigenvalue weighted by Crippen LogP contribution is -2.47. The van der Waals surface area contributed by atoms with E-state index in [2.05, 4.69) is 152 Å². The lowest BCUT2D eigenvalue weighted by molar-refractivity contribution is 0.375. The van der Waals surface area contributed by atoms with E-state index < -0.39 is 8.07 Å². The van der Waals surface area contributed by atoms with E-state index in [9.17, 15) is 0 Å². The smallest absolute Gasteiger partial charge is 0.0559 e. The summed E-state index contributed by atoms with van der Waals surface area (Å²) >= 11 is 2.28. The van der Waals surface area contributed by atoms with Gasteiger partial charge in [0.1, 0.15) is 0 Å². The summed E-state index contributed by atoms with van der Waals surface area (Å²) in [4.78, 5) is 1.60. The third kappa shape index (κ3) is 5.17. The molecular weight excluding hydrogens is 541 g/mol. The predicted octanol–water partition coefficient (Wildman–Crippen LogP) is 11.8. The average molecular weight is 595 g/mol. The molecule has 6 rings (SSSR count). The minimum absolute atomic E-state index is 0.197. The van der Waals surface area contributed by atoms with Gasteiger partial charge in [-0.3, -0.25) is 0 Å². The summed E-state index contributed by atoms with van der Waals surface area (Å²) in [6, 6.07) is 21.1. The van der Waals surface area contributed by atoms with E-state index in [1.807, 2.05) is 0 Å². The summed E-state index contributed by atoms with van der Waals surface area (Å²) < 4.78 is 0. The lowest BCUT2D eigenvalue weighted by Gasteiger charge is -2.46. The van der Waals surface area contributed by atoms with Crippen molar-refractivity contribution in [2.24, 2.45) is 35.5 Å². The van der Waals surface area contributed by atoms with Gasteiger partial charge in [-0.15, -0.1) is 11.8 Å². The first-order chi connectivity index (χ1) is 19.9. The quantitative estimate of drug-likeness (QED) is 0.310. The van der Waals surface area contributed by atoms with Crippen molar-refractivity contribution in [1.29, 1.82) is 0 Å². The van der Waals surface area contributed by atoms with Crippen molar-refractivity contribution in [3.63, 3.8) is 0 Å². The summed E-state index contributed by atoms with van der Waals surface area (Å²) in [6.45, 7) is 22.8. The Labute approximate surface area is 262 Å². The zero-order valence-corrected chi connectivity index (χ0v) is 29.4. The van der Waals surface area contributed by atoms with Crippen LogP contribution >= 0.6 is 11.8 Å². The fraction of sp³-hybridized carbons (Fsp3) is 0.550. The molecule has 224 valence electrons. The normalized spacial score (nSPS) is 34.7. The Balaban J connectivity index is 1.33. The summed E-state index contributed by atoms with van der Waals surface area (Å²) in [7, 11) is -1.69. The Morgan fingerprint density at radius 2 is 1.52 bits per heavy atom. The number of hydrogen-bond acceptors (Lipinski definition) is 1. The summed E-state index contributed by atoms with van der Waals surface area (Å²) in [5.41, 5.74) is 8.02. The van der Waals surface area contributed by atoms with E-state index in [0.717, 1.165) is 40.0 Å². The zero-order valence-electron chi connectivity index (χ0n) is 27.6. The number of hydrogen-bond donors (Lipinski definition) is 0. The van der Waals surface area contributed by atoms with Crippen LogP contribution in [-0.4, -0.2) is 13.3 Å². The minimum Gasteiger partial charge on any atom is -0.127 e. The van der Waals surface area contributed by atoms with E-state index in [4.69, 9.17) is 0 Å². The Hall–Kier alpha value is -1.77. The van der Waals surface area contributed by atoms with Crippen molar-refractivity contribution in [2.75, 3.05) is 0 Å². The number of allylic oxidation sites excluding steroid dienone is 6. The second-order valence-electron chi connectivity index (χ2n) is 16.2. The van der Waals surface area contributed by atoms with Gasteiger partial charge in [0.25, 0.3) is 0 Å². The lowest BCUT2D eigenvalue weighted by atomic mass is 9.80. The second-order valence-corrected chi connectivity index (χ2v) is 22.5. The van der Waals surface area contributed by atoms with Crippen LogP contribution in [0.4, 0.5) is 0 Å². The maximum Gasteiger partial charge on any atom is 0.0559 e. The minimum atomic E-state index is -1.69. The second kappa shape index (κ2) is 11.3. The highest BCUT2D eigenvalue weighted by Gasteiger charge is 2.60. The molecule has 0 nitrogen and oxygen atoms in total. The van der Waals surface area contributed by atoms with Crippen molar-refractivity contribution in [1.82, 2.24) is 0 Å². The molecule has 2 fully saturated rings. The van der Waals surface area contributed by atoms with E-state index in [-0.39, 0.29) is 5.41 Å². The molecule has 1 aliphatic heterocycles. The SMILES string of the molecule is CC1=C(c2ccc(C(C)(C)C)cc2)C2CC(C(C)C)C([Si](C)(C)C3C(C)CC4C(c5ccccc5)C=CC=CC43)C2S1. The molecule has 0 amide bonds. The third-order valence-corrected chi connectivity index (χ3v) is 18.9. The molecule has 2 saturated carbocycles. The summed E-state index contributed by atoms with van der Waals surface area (Å²) in [6.07, 6.45) is 12.7. The predicted molar refractivity (Wildman–Crippen MR) is 189 cm³/mol. The Bertz CT molecular complexity index is 1350. The highest BCUT2D eigenvalue weighted by Crippen LogP contribution is 2.68. The first-order valence-corrected chi connectivity index (χ1v) is 20.8. The van der Waals surface area contributed by atoms with Crippen LogP contribution in [0, 0.1) is 35.5 Å². The molecule has 9 unspecified atom stereocenters. The van der Waals surface area contributed by atoms with Crippen LogP contribution in [0.1, 0.15) is 83.9 Å². The molecule has 4 aliphatic rings. The molecule has 3 aliphatic carbocycles. The van der Waals surface area contributed by atoms with Crippen LogP contribution in [0.15, 0.2) is 83.8 Å². The third-order valence-electron chi connectivity index (χ3n) is 12.0. The van der Waals surface area contributed by atoms with Gasteiger partial charge in [-0.2, -0.15) is 0 Å². The van der Waals surface area contributed by atoms with Crippen LogP contribution in [0.25, 0.3) is 5.57 Å². The Kier molecular flexibility index (Phi) is 8.14. The van der Waals surface area contributed by atoms with Gasteiger partial charge in [-0.25, -0.2) is 0 Å². The van der Waals surface area contributed by atoms with E-state index in [1.165, 1.54) is 29.5 Å². The highest BCUT2D eigenvalue weighted by molar-refractivity contribution is 8.04. The molecule has 0 aromatic heterocycles. The molecule has 42 heavy (non-hydrogen) atoms. The van der Waals surface area contributed by atoms with Gasteiger partial charge in [0.05, 0.1) is 8.07 Å². The zero-order chi connectivity index (χ0) is 30.0. The van der Waals surface area contributed by atoms with Crippen LogP contribution in [0.3, 0.4) is 0 Å². The van der Waals surface area contributed by atoms with Gasteiger partial charge in [-0.1, -0.05) is 134 Å². The van der Waals surface area contributed by atoms with Gasteiger partial charge in [-0.05, 0) is 98.9 Å². The van der Waals surface area contributed by atoms with Gasteiger partial charge >= 0.3 is 0 Å². The van der Waals surface area contributed by atoms with E-state index >= 15 is 0 Å². The van der Waals surface area contributed by atoms with Crippen molar-refractivity contribution in [3.8, 4) is 0 Å². The molecule has 0 saturated heterocycles. The average Bonchev–Trinajstić information content (AvgIpc) is 3.52. The first-order valence-electron chi connectivity index (χ1n) is 16.8. The molecule has 1 heterocycles. The first kappa shape index (κ1) is 30.3. The molecule has 2 aromatic carbocycles.